The zero-order valence-electron chi connectivity index (χ0n) is 20.8. The first-order valence-corrected chi connectivity index (χ1v) is 12.4. The molecule has 0 bridgehead atoms. The smallest absolute Gasteiger partial charge is 0.291 e. The van der Waals surface area contributed by atoms with E-state index in [0.717, 1.165) is 61.2 Å². The van der Waals surface area contributed by atoms with E-state index in [1.807, 2.05) is 41.0 Å². The van der Waals surface area contributed by atoms with Gasteiger partial charge in [0.15, 0.2) is 0 Å². The molecule has 0 atom stereocenters. The molecule has 9 nitrogen and oxygen atoms in total. The lowest BCUT2D eigenvalue weighted by molar-refractivity contribution is -0.121. The number of rotatable bonds is 8. The molecule has 188 valence electrons. The minimum absolute atomic E-state index is 0.0964. The second-order valence-corrected chi connectivity index (χ2v) is 9.17. The minimum Gasteiger partial charge on any atom is -0.497 e. The molecular weight excluding hydrogens is 456 g/mol. The summed E-state index contributed by atoms with van der Waals surface area (Å²) in [5.41, 5.74) is 2.39. The van der Waals surface area contributed by atoms with Crippen LogP contribution in [0.3, 0.4) is 0 Å². The van der Waals surface area contributed by atoms with E-state index in [9.17, 15) is 9.59 Å². The highest BCUT2D eigenvalue weighted by Gasteiger charge is 2.18. The number of nitrogens with zero attached hydrogens (tertiary/aromatic N) is 5. The van der Waals surface area contributed by atoms with E-state index in [4.69, 9.17) is 4.74 Å². The number of ether oxygens (including phenoxy) is 1. The maximum Gasteiger partial charge on any atom is 0.291 e. The van der Waals surface area contributed by atoms with E-state index in [2.05, 4.69) is 32.3 Å². The molecule has 1 amide bonds. The third-order valence-corrected chi connectivity index (χ3v) is 6.95. The monoisotopic (exact) mass is 488 g/mol. The van der Waals surface area contributed by atoms with Crippen LogP contribution in [-0.2, 0) is 18.4 Å². The lowest BCUT2D eigenvalue weighted by Crippen LogP contribution is -2.47. The van der Waals surface area contributed by atoms with E-state index in [0.29, 0.717) is 12.1 Å². The number of benzene rings is 2. The first kappa shape index (κ1) is 23.9. The van der Waals surface area contributed by atoms with Crippen LogP contribution in [0.25, 0.3) is 21.8 Å². The summed E-state index contributed by atoms with van der Waals surface area (Å²) in [5.74, 6) is 0.776. The Morgan fingerprint density at radius 1 is 1.03 bits per heavy atom. The Balaban J connectivity index is 1.13. The van der Waals surface area contributed by atoms with Gasteiger partial charge in [-0.2, -0.15) is 5.10 Å². The van der Waals surface area contributed by atoms with Crippen LogP contribution in [0, 0.1) is 0 Å². The molecule has 1 aliphatic rings. The van der Waals surface area contributed by atoms with Crippen LogP contribution < -0.4 is 20.5 Å². The summed E-state index contributed by atoms with van der Waals surface area (Å²) in [7, 11) is 3.31. The van der Waals surface area contributed by atoms with Crippen molar-refractivity contribution in [3.05, 3.63) is 65.1 Å². The summed E-state index contributed by atoms with van der Waals surface area (Å²) in [5, 5.41) is 8.90. The van der Waals surface area contributed by atoms with Gasteiger partial charge in [0, 0.05) is 61.7 Å². The van der Waals surface area contributed by atoms with Gasteiger partial charge in [-0.15, -0.1) is 0 Å². The molecule has 1 saturated heterocycles. The molecule has 0 unspecified atom stereocenters. The van der Waals surface area contributed by atoms with Crippen molar-refractivity contribution in [2.45, 2.75) is 13.0 Å². The van der Waals surface area contributed by atoms with Crippen LogP contribution >= 0.6 is 0 Å². The fourth-order valence-electron chi connectivity index (χ4n) is 4.96. The van der Waals surface area contributed by atoms with E-state index in [1.54, 1.807) is 20.4 Å². The van der Waals surface area contributed by atoms with Crippen molar-refractivity contribution in [1.29, 1.82) is 0 Å². The predicted octanol–water partition coefficient (Wildman–Crippen LogP) is 2.23. The van der Waals surface area contributed by atoms with Gasteiger partial charge in [-0.1, -0.05) is 18.2 Å². The molecule has 9 heteroatoms. The van der Waals surface area contributed by atoms with E-state index < -0.39 is 0 Å². The van der Waals surface area contributed by atoms with Crippen molar-refractivity contribution < 1.29 is 9.53 Å². The van der Waals surface area contributed by atoms with Crippen LogP contribution in [0.5, 0.6) is 5.75 Å². The second kappa shape index (κ2) is 10.4. The van der Waals surface area contributed by atoms with Gasteiger partial charge in [0.2, 0.25) is 5.91 Å². The molecule has 3 heterocycles. The Morgan fingerprint density at radius 2 is 1.78 bits per heavy atom. The highest BCUT2D eigenvalue weighted by Crippen LogP contribution is 2.26. The molecule has 1 N–H and O–H groups in total. The fraction of sp³-hybridized carbons (Fsp3) is 0.370. The van der Waals surface area contributed by atoms with Crippen LogP contribution in [0.4, 0.5) is 5.69 Å². The number of nitrogens with one attached hydrogen (secondary N) is 1. The number of carbonyl (C=O) groups is 1. The largest absolute Gasteiger partial charge is 0.497 e. The molecule has 1 aliphatic heterocycles. The Bertz CT molecular complexity index is 1420. The van der Waals surface area contributed by atoms with Gasteiger partial charge in [0.05, 0.1) is 13.3 Å². The van der Waals surface area contributed by atoms with Crippen LogP contribution in [0.15, 0.2) is 59.5 Å². The second-order valence-electron chi connectivity index (χ2n) is 9.17. The Kier molecular flexibility index (Phi) is 6.90. The third kappa shape index (κ3) is 4.79. The van der Waals surface area contributed by atoms with Crippen molar-refractivity contribution in [3.8, 4) is 5.75 Å². The summed E-state index contributed by atoms with van der Waals surface area (Å²) < 4.78 is 8.36. The maximum absolute atomic E-state index is 12.8. The molecule has 0 saturated carbocycles. The zero-order valence-corrected chi connectivity index (χ0v) is 20.8. The first-order valence-electron chi connectivity index (χ1n) is 12.4. The molecule has 1 fully saturated rings. The minimum atomic E-state index is -0.203. The number of para-hydroxylation sites is 1. The third-order valence-electron chi connectivity index (χ3n) is 6.95. The fourth-order valence-corrected chi connectivity index (χ4v) is 4.96. The zero-order chi connectivity index (χ0) is 25.1. The number of anilines is 1. The number of hydrogen-bond donors (Lipinski definition) is 1. The first-order chi connectivity index (χ1) is 17.5. The number of aryl methyl sites for hydroxylation is 1. The number of amides is 1. The van der Waals surface area contributed by atoms with Crippen molar-refractivity contribution in [2.24, 2.45) is 7.05 Å². The van der Waals surface area contributed by atoms with Crippen molar-refractivity contribution in [1.82, 2.24) is 24.6 Å². The Hall–Kier alpha value is -3.85. The Morgan fingerprint density at radius 3 is 2.53 bits per heavy atom. The van der Waals surface area contributed by atoms with Crippen molar-refractivity contribution >= 4 is 33.4 Å². The number of hydrogen-bond acceptors (Lipinski definition) is 6. The summed E-state index contributed by atoms with van der Waals surface area (Å²) in [6.07, 6.45) is 2.58. The summed E-state index contributed by atoms with van der Waals surface area (Å²) in [6.45, 7) is 5.61. The number of aromatic nitrogens is 3. The van der Waals surface area contributed by atoms with Gasteiger partial charge in [-0.25, -0.2) is 4.68 Å². The van der Waals surface area contributed by atoms with E-state index >= 15 is 0 Å². The van der Waals surface area contributed by atoms with E-state index in [-0.39, 0.29) is 18.0 Å². The molecule has 0 aliphatic carbocycles. The summed E-state index contributed by atoms with van der Waals surface area (Å²) >= 11 is 0. The average Bonchev–Trinajstić information content (AvgIpc) is 3.23. The standard InChI is InChI=1S/C27H32N6O3/c1-30-27(35)26-23(18-29-30)22-6-3-4-7-24(22)33(26)19-25(34)28-12-5-13-31-14-16-32(17-15-31)20-8-10-21(36-2)11-9-20/h3-4,6-11,18H,5,12-17,19H2,1-2H3,(H,28,34). The normalized spacial score (nSPS) is 14.4. The summed E-state index contributed by atoms with van der Waals surface area (Å²) in [4.78, 5) is 30.4. The lowest BCUT2D eigenvalue weighted by Gasteiger charge is -2.36. The lowest BCUT2D eigenvalue weighted by atomic mass is 10.2. The highest BCUT2D eigenvalue weighted by atomic mass is 16.5. The molecule has 0 radical (unpaired) electrons. The van der Waals surface area contributed by atoms with E-state index in [1.165, 1.54) is 10.4 Å². The van der Waals surface area contributed by atoms with Gasteiger partial charge >= 0.3 is 0 Å². The van der Waals surface area contributed by atoms with Crippen molar-refractivity contribution in [3.63, 3.8) is 0 Å². The van der Waals surface area contributed by atoms with Gasteiger partial charge < -0.3 is 19.5 Å². The number of carbonyl (C=O) groups excluding carboxylic acids is 1. The average molecular weight is 489 g/mol. The maximum atomic E-state index is 12.8. The predicted molar refractivity (Wildman–Crippen MR) is 142 cm³/mol. The molecular formula is C27H32N6O3. The molecule has 2 aromatic carbocycles. The Labute approximate surface area is 209 Å². The van der Waals surface area contributed by atoms with Crippen LogP contribution in [-0.4, -0.2) is 71.5 Å². The molecule has 5 rings (SSSR count). The van der Waals surface area contributed by atoms with Crippen LogP contribution in [0.2, 0.25) is 0 Å². The topological polar surface area (TPSA) is 84.6 Å². The highest BCUT2D eigenvalue weighted by molar-refractivity contribution is 6.07. The number of fused-ring (bicyclic) bond motifs is 3. The van der Waals surface area contributed by atoms with Crippen molar-refractivity contribution in [2.75, 3.05) is 51.3 Å². The molecule has 2 aromatic heterocycles. The van der Waals surface area contributed by atoms with Gasteiger partial charge in [-0.05, 0) is 43.3 Å². The summed E-state index contributed by atoms with van der Waals surface area (Å²) in [6, 6.07) is 16.0. The molecule has 4 aromatic rings. The van der Waals surface area contributed by atoms with Crippen LogP contribution in [0.1, 0.15) is 6.42 Å². The van der Waals surface area contributed by atoms with Gasteiger partial charge in [0.1, 0.15) is 17.8 Å². The van der Waals surface area contributed by atoms with Gasteiger partial charge in [0.25, 0.3) is 5.56 Å². The molecule has 0 spiro atoms. The quantitative estimate of drug-likeness (QED) is 0.383. The number of methoxy groups -OCH3 is 1. The number of piperazine rings is 1. The SMILES string of the molecule is COc1ccc(N2CCN(CCCNC(=O)Cn3c4ccccc4c4cnn(C)c(=O)c43)CC2)cc1. The van der Waals surface area contributed by atoms with Gasteiger partial charge in [-0.3, -0.25) is 14.5 Å². The molecule has 36 heavy (non-hydrogen) atoms.